The van der Waals surface area contributed by atoms with Gasteiger partial charge in [0, 0.05) is 17.2 Å². The van der Waals surface area contributed by atoms with Crippen molar-refractivity contribution in [3.63, 3.8) is 0 Å². The normalized spacial score (nSPS) is 11.9. The second kappa shape index (κ2) is 4.94. The van der Waals surface area contributed by atoms with E-state index in [0.717, 1.165) is 6.42 Å². The Morgan fingerprint density at radius 1 is 1.37 bits per heavy atom. The van der Waals surface area contributed by atoms with E-state index >= 15 is 0 Å². The van der Waals surface area contributed by atoms with E-state index in [-0.39, 0.29) is 15.8 Å². The zero-order valence-electron chi connectivity index (χ0n) is 10.6. The van der Waals surface area contributed by atoms with Crippen LogP contribution in [0.15, 0.2) is 27.9 Å². The first kappa shape index (κ1) is 14.0. The SMILES string of the molecule is CCCn1c(C)nc2ccc(S(=O)(=O)Cl)cc2c1=O. The van der Waals surface area contributed by atoms with Crippen LogP contribution in [0.4, 0.5) is 0 Å². The third-order valence-electron chi connectivity index (χ3n) is 2.85. The molecule has 0 fully saturated rings. The number of hydrogen-bond donors (Lipinski definition) is 0. The van der Waals surface area contributed by atoms with Gasteiger partial charge in [0.2, 0.25) is 0 Å². The van der Waals surface area contributed by atoms with E-state index in [1.54, 1.807) is 6.92 Å². The van der Waals surface area contributed by atoms with E-state index < -0.39 is 9.05 Å². The highest BCUT2D eigenvalue weighted by atomic mass is 35.7. The van der Waals surface area contributed by atoms with Crippen LogP contribution < -0.4 is 5.56 Å². The number of aromatic nitrogens is 2. The van der Waals surface area contributed by atoms with Crippen molar-refractivity contribution in [3.8, 4) is 0 Å². The predicted octanol–water partition coefficient (Wildman–Crippen LogP) is 2.04. The van der Waals surface area contributed by atoms with E-state index in [1.807, 2.05) is 6.92 Å². The van der Waals surface area contributed by atoms with E-state index in [1.165, 1.54) is 22.8 Å². The molecule has 5 nitrogen and oxygen atoms in total. The van der Waals surface area contributed by atoms with Gasteiger partial charge >= 0.3 is 0 Å². The molecule has 0 aliphatic rings. The fourth-order valence-corrected chi connectivity index (χ4v) is 2.73. The lowest BCUT2D eigenvalue weighted by Crippen LogP contribution is -2.23. The Bertz CT molecular complexity index is 796. The molecule has 19 heavy (non-hydrogen) atoms. The van der Waals surface area contributed by atoms with Crippen LogP contribution in [0, 0.1) is 6.92 Å². The lowest BCUT2D eigenvalue weighted by Gasteiger charge is -2.09. The van der Waals surface area contributed by atoms with Crippen LogP contribution in [0.25, 0.3) is 10.9 Å². The van der Waals surface area contributed by atoms with Crippen LogP contribution >= 0.6 is 10.7 Å². The van der Waals surface area contributed by atoms with Crippen LogP contribution in [0.1, 0.15) is 19.2 Å². The Kier molecular flexibility index (Phi) is 3.64. The first-order valence-electron chi connectivity index (χ1n) is 5.80. The molecule has 0 atom stereocenters. The standard InChI is InChI=1S/C12H13ClN2O3S/c1-3-6-15-8(2)14-11-5-4-9(19(13,17)18)7-10(11)12(15)16/h4-5,7H,3,6H2,1-2H3. The number of hydrogen-bond acceptors (Lipinski definition) is 4. The monoisotopic (exact) mass is 300 g/mol. The highest BCUT2D eigenvalue weighted by Crippen LogP contribution is 2.18. The molecule has 0 radical (unpaired) electrons. The van der Waals surface area contributed by atoms with Crippen LogP contribution in [0.5, 0.6) is 0 Å². The maximum absolute atomic E-state index is 12.3. The highest BCUT2D eigenvalue weighted by molar-refractivity contribution is 8.13. The van der Waals surface area contributed by atoms with Gasteiger partial charge in [-0.3, -0.25) is 9.36 Å². The summed E-state index contributed by atoms with van der Waals surface area (Å²) in [6.45, 7) is 4.25. The minimum absolute atomic E-state index is 0.0903. The average molecular weight is 301 g/mol. The van der Waals surface area contributed by atoms with Gasteiger partial charge in [-0.2, -0.15) is 0 Å². The first-order chi connectivity index (χ1) is 8.84. The van der Waals surface area contributed by atoms with Gasteiger partial charge < -0.3 is 0 Å². The van der Waals surface area contributed by atoms with Crippen molar-refractivity contribution in [2.24, 2.45) is 0 Å². The minimum Gasteiger partial charge on any atom is -0.296 e. The second-order valence-electron chi connectivity index (χ2n) is 4.23. The summed E-state index contributed by atoms with van der Waals surface area (Å²) in [6, 6.07) is 4.12. The maximum atomic E-state index is 12.3. The third-order valence-corrected chi connectivity index (χ3v) is 4.20. The Balaban J connectivity index is 2.82. The van der Waals surface area contributed by atoms with Crippen LogP contribution in [0.2, 0.25) is 0 Å². The summed E-state index contributed by atoms with van der Waals surface area (Å²) >= 11 is 0. The molecule has 2 rings (SSSR count). The molecule has 0 N–H and O–H groups in total. The van der Waals surface area contributed by atoms with E-state index in [2.05, 4.69) is 4.98 Å². The van der Waals surface area contributed by atoms with Crippen molar-refractivity contribution in [3.05, 3.63) is 34.4 Å². The Morgan fingerprint density at radius 3 is 2.63 bits per heavy atom. The molecule has 0 saturated heterocycles. The van der Waals surface area contributed by atoms with Gasteiger partial charge in [0.05, 0.1) is 15.8 Å². The number of fused-ring (bicyclic) bond motifs is 1. The molecular formula is C12H13ClN2O3S. The maximum Gasteiger partial charge on any atom is 0.261 e. The number of benzene rings is 1. The molecule has 1 heterocycles. The molecule has 0 amide bonds. The predicted molar refractivity (Wildman–Crippen MR) is 74.1 cm³/mol. The van der Waals surface area contributed by atoms with E-state index in [9.17, 15) is 13.2 Å². The highest BCUT2D eigenvalue weighted by Gasteiger charge is 2.14. The van der Waals surface area contributed by atoms with Crippen LogP contribution in [0.3, 0.4) is 0 Å². The number of halogens is 1. The number of rotatable bonds is 3. The molecule has 0 aliphatic carbocycles. The molecule has 1 aromatic carbocycles. The van der Waals surface area contributed by atoms with Gasteiger partial charge in [-0.15, -0.1) is 0 Å². The molecule has 0 bridgehead atoms. The summed E-state index contributed by atoms with van der Waals surface area (Å²) in [4.78, 5) is 16.5. The molecule has 1 aromatic heterocycles. The smallest absolute Gasteiger partial charge is 0.261 e. The molecule has 0 unspecified atom stereocenters. The topological polar surface area (TPSA) is 69.0 Å². The zero-order chi connectivity index (χ0) is 14.2. The molecule has 7 heteroatoms. The van der Waals surface area contributed by atoms with Crippen molar-refractivity contribution in [1.29, 1.82) is 0 Å². The van der Waals surface area contributed by atoms with Gasteiger partial charge in [-0.05, 0) is 31.5 Å². The van der Waals surface area contributed by atoms with Crippen molar-refractivity contribution in [1.82, 2.24) is 9.55 Å². The molecule has 0 aliphatic heterocycles. The molecular weight excluding hydrogens is 288 g/mol. The van der Waals surface area contributed by atoms with E-state index in [4.69, 9.17) is 10.7 Å². The van der Waals surface area contributed by atoms with Gasteiger partial charge in [-0.1, -0.05) is 6.92 Å². The summed E-state index contributed by atoms with van der Waals surface area (Å²) in [5, 5.41) is 0.265. The number of nitrogens with zero attached hydrogens (tertiary/aromatic N) is 2. The van der Waals surface area contributed by atoms with Crippen LogP contribution in [-0.2, 0) is 15.6 Å². The molecule has 102 valence electrons. The minimum atomic E-state index is -3.85. The largest absolute Gasteiger partial charge is 0.296 e. The lowest BCUT2D eigenvalue weighted by molar-refractivity contribution is 0.609. The van der Waals surface area contributed by atoms with Gasteiger partial charge in [0.15, 0.2) is 0 Å². The number of aryl methyl sites for hydroxylation is 1. The summed E-state index contributed by atoms with van der Waals surface area (Å²) in [5.74, 6) is 0.612. The fraction of sp³-hybridized carbons (Fsp3) is 0.333. The van der Waals surface area contributed by atoms with Crippen molar-refractivity contribution < 1.29 is 8.42 Å². The van der Waals surface area contributed by atoms with Crippen molar-refractivity contribution in [2.75, 3.05) is 0 Å². The summed E-state index contributed by atoms with van der Waals surface area (Å²) in [5.41, 5.74) is 0.227. The Labute approximate surface area is 115 Å². The Morgan fingerprint density at radius 2 is 2.05 bits per heavy atom. The lowest BCUT2D eigenvalue weighted by atomic mass is 10.2. The van der Waals surface area contributed by atoms with Gasteiger partial charge in [0.25, 0.3) is 14.6 Å². The molecule has 0 saturated carbocycles. The zero-order valence-corrected chi connectivity index (χ0v) is 12.1. The first-order valence-corrected chi connectivity index (χ1v) is 8.11. The van der Waals surface area contributed by atoms with Crippen LogP contribution in [-0.4, -0.2) is 18.0 Å². The molecule has 0 spiro atoms. The second-order valence-corrected chi connectivity index (χ2v) is 6.80. The summed E-state index contributed by atoms with van der Waals surface area (Å²) in [6.07, 6.45) is 0.793. The average Bonchev–Trinajstić information content (AvgIpc) is 2.33. The van der Waals surface area contributed by atoms with Crippen molar-refractivity contribution >= 4 is 30.6 Å². The fourth-order valence-electron chi connectivity index (χ4n) is 1.95. The van der Waals surface area contributed by atoms with Crippen molar-refractivity contribution in [2.45, 2.75) is 31.7 Å². The van der Waals surface area contributed by atoms with Gasteiger partial charge in [0.1, 0.15) is 5.82 Å². The van der Waals surface area contributed by atoms with Gasteiger partial charge in [-0.25, -0.2) is 13.4 Å². The quantitative estimate of drug-likeness (QED) is 0.813. The summed E-state index contributed by atoms with van der Waals surface area (Å²) in [7, 11) is 1.44. The summed E-state index contributed by atoms with van der Waals surface area (Å²) < 4.78 is 24.1. The third kappa shape index (κ3) is 2.64. The Hall–Kier alpha value is -1.40. The van der Waals surface area contributed by atoms with E-state index in [0.29, 0.717) is 17.9 Å². The molecule has 2 aromatic rings.